The van der Waals surface area contributed by atoms with Gasteiger partial charge in [-0.1, -0.05) is 18.6 Å². The SMILES string of the molecule is CNCCc1cccc2c1ccn2CC1CCC1. The van der Waals surface area contributed by atoms with Crippen molar-refractivity contribution in [1.29, 1.82) is 0 Å². The first kappa shape index (κ1) is 11.8. The number of hydrogen-bond donors (Lipinski definition) is 1. The number of aromatic nitrogens is 1. The third-order valence-electron chi connectivity index (χ3n) is 4.23. The molecule has 1 N–H and O–H groups in total. The zero-order chi connectivity index (χ0) is 12.4. The van der Waals surface area contributed by atoms with E-state index in [1.54, 1.807) is 0 Å². The maximum Gasteiger partial charge on any atom is 0.0483 e. The summed E-state index contributed by atoms with van der Waals surface area (Å²) in [5, 5.41) is 4.67. The molecule has 2 nitrogen and oxygen atoms in total. The molecule has 1 fully saturated rings. The number of hydrogen-bond acceptors (Lipinski definition) is 1. The summed E-state index contributed by atoms with van der Waals surface area (Å²) in [6, 6.07) is 9.01. The Bertz CT molecular complexity index is 523. The molecule has 0 atom stereocenters. The summed E-state index contributed by atoms with van der Waals surface area (Å²) in [5.41, 5.74) is 2.88. The van der Waals surface area contributed by atoms with E-state index in [0.29, 0.717) is 0 Å². The van der Waals surface area contributed by atoms with E-state index >= 15 is 0 Å². The lowest BCUT2D eigenvalue weighted by atomic mass is 9.85. The van der Waals surface area contributed by atoms with Gasteiger partial charge in [-0.3, -0.25) is 0 Å². The van der Waals surface area contributed by atoms with Crippen molar-refractivity contribution >= 4 is 10.9 Å². The minimum atomic E-state index is 0.918. The maximum absolute atomic E-state index is 3.23. The summed E-state index contributed by atoms with van der Waals surface area (Å²) >= 11 is 0. The smallest absolute Gasteiger partial charge is 0.0483 e. The van der Waals surface area contributed by atoms with Crippen LogP contribution in [0.2, 0.25) is 0 Å². The standard InChI is InChI=1S/C16H22N2/c1-17-10-8-14-6-3-7-16-15(14)9-11-18(16)12-13-4-2-5-13/h3,6-7,9,11,13,17H,2,4-5,8,10,12H2,1H3. The Hall–Kier alpha value is -1.28. The predicted octanol–water partition coefficient (Wildman–Crippen LogP) is 3.20. The van der Waals surface area contributed by atoms with Crippen LogP contribution < -0.4 is 5.32 Å². The third kappa shape index (κ3) is 2.17. The van der Waals surface area contributed by atoms with Gasteiger partial charge in [0.15, 0.2) is 0 Å². The van der Waals surface area contributed by atoms with Crippen LogP contribution in [0.5, 0.6) is 0 Å². The molecule has 0 saturated heterocycles. The largest absolute Gasteiger partial charge is 0.347 e. The lowest BCUT2D eigenvalue weighted by Crippen LogP contribution is -2.17. The molecule has 0 unspecified atom stereocenters. The fourth-order valence-corrected chi connectivity index (χ4v) is 2.88. The Morgan fingerprint density at radius 1 is 1.28 bits per heavy atom. The topological polar surface area (TPSA) is 17.0 Å². The van der Waals surface area contributed by atoms with Crippen LogP contribution in [-0.2, 0) is 13.0 Å². The predicted molar refractivity (Wildman–Crippen MR) is 76.9 cm³/mol. The van der Waals surface area contributed by atoms with E-state index in [2.05, 4.69) is 40.3 Å². The normalized spacial score (nSPS) is 16.1. The summed E-state index contributed by atoms with van der Waals surface area (Å²) in [4.78, 5) is 0. The minimum absolute atomic E-state index is 0.918. The van der Waals surface area contributed by atoms with Gasteiger partial charge >= 0.3 is 0 Å². The van der Waals surface area contributed by atoms with Gasteiger partial charge in [-0.2, -0.15) is 0 Å². The fraction of sp³-hybridized carbons (Fsp3) is 0.500. The number of likely N-dealkylation sites (N-methyl/N-ethyl adjacent to an activating group) is 1. The van der Waals surface area contributed by atoms with Gasteiger partial charge in [-0.05, 0) is 56.5 Å². The molecular weight excluding hydrogens is 220 g/mol. The Kier molecular flexibility index (Phi) is 3.37. The number of nitrogens with zero attached hydrogens (tertiary/aromatic N) is 1. The van der Waals surface area contributed by atoms with E-state index in [4.69, 9.17) is 0 Å². The summed E-state index contributed by atoms with van der Waals surface area (Å²) in [7, 11) is 2.02. The quantitative estimate of drug-likeness (QED) is 0.852. The van der Waals surface area contributed by atoms with Crippen molar-refractivity contribution in [2.75, 3.05) is 13.6 Å². The Morgan fingerprint density at radius 3 is 2.89 bits per heavy atom. The van der Waals surface area contributed by atoms with E-state index in [0.717, 1.165) is 18.9 Å². The fourth-order valence-electron chi connectivity index (χ4n) is 2.88. The van der Waals surface area contributed by atoms with Crippen LogP contribution in [0, 0.1) is 5.92 Å². The van der Waals surface area contributed by atoms with E-state index in [-0.39, 0.29) is 0 Å². The van der Waals surface area contributed by atoms with Crippen LogP contribution in [-0.4, -0.2) is 18.2 Å². The van der Waals surface area contributed by atoms with Gasteiger partial charge < -0.3 is 9.88 Å². The molecule has 1 aliphatic rings. The molecule has 1 aromatic heterocycles. The molecule has 1 aliphatic carbocycles. The average molecular weight is 242 g/mol. The lowest BCUT2D eigenvalue weighted by Gasteiger charge is -2.26. The summed E-state index contributed by atoms with van der Waals surface area (Å²) in [6.07, 6.45) is 7.64. The van der Waals surface area contributed by atoms with Gasteiger partial charge in [0.2, 0.25) is 0 Å². The molecule has 0 aliphatic heterocycles. The second-order valence-corrected chi connectivity index (χ2v) is 5.47. The maximum atomic E-state index is 3.23. The van der Waals surface area contributed by atoms with Crippen LogP contribution in [0.25, 0.3) is 10.9 Å². The second-order valence-electron chi connectivity index (χ2n) is 5.47. The van der Waals surface area contributed by atoms with E-state index in [9.17, 15) is 0 Å². The van der Waals surface area contributed by atoms with Crippen LogP contribution in [0.1, 0.15) is 24.8 Å². The zero-order valence-electron chi connectivity index (χ0n) is 11.2. The van der Waals surface area contributed by atoms with Crippen LogP contribution in [0.15, 0.2) is 30.5 Å². The van der Waals surface area contributed by atoms with Gasteiger partial charge in [0.25, 0.3) is 0 Å². The van der Waals surface area contributed by atoms with Gasteiger partial charge in [0.1, 0.15) is 0 Å². The minimum Gasteiger partial charge on any atom is -0.347 e. The van der Waals surface area contributed by atoms with E-state index in [1.807, 2.05) is 7.05 Å². The summed E-state index contributed by atoms with van der Waals surface area (Å²) < 4.78 is 2.45. The highest BCUT2D eigenvalue weighted by molar-refractivity contribution is 5.83. The van der Waals surface area contributed by atoms with Gasteiger partial charge in [-0.25, -0.2) is 0 Å². The molecule has 0 spiro atoms. The molecule has 1 heterocycles. The second kappa shape index (κ2) is 5.15. The highest BCUT2D eigenvalue weighted by Gasteiger charge is 2.18. The Morgan fingerprint density at radius 2 is 2.17 bits per heavy atom. The lowest BCUT2D eigenvalue weighted by molar-refractivity contribution is 0.280. The van der Waals surface area contributed by atoms with E-state index in [1.165, 1.54) is 42.3 Å². The van der Waals surface area contributed by atoms with Crippen molar-refractivity contribution in [2.45, 2.75) is 32.2 Å². The van der Waals surface area contributed by atoms with E-state index < -0.39 is 0 Å². The van der Waals surface area contributed by atoms with Crippen LogP contribution in [0.3, 0.4) is 0 Å². The molecule has 0 bridgehead atoms. The molecular formula is C16H22N2. The first-order valence-electron chi connectivity index (χ1n) is 7.10. The molecule has 3 rings (SSSR count). The molecule has 96 valence electrons. The molecule has 0 radical (unpaired) electrons. The molecule has 2 aromatic rings. The van der Waals surface area contributed by atoms with Crippen molar-refractivity contribution in [3.63, 3.8) is 0 Å². The third-order valence-corrected chi connectivity index (χ3v) is 4.23. The van der Waals surface area contributed by atoms with Crippen molar-refractivity contribution in [2.24, 2.45) is 5.92 Å². The van der Waals surface area contributed by atoms with Crippen molar-refractivity contribution < 1.29 is 0 Å². The molecule has 0 amide bonds. The molecule has 1 saturated carbocycles. The monoisotopic (exact) mass is 242 g/mol. The van der Waals surface area contributed by atoms with Crippen molar-refractivity contribution in [3.8, 4) is 0 Å². The summed E-state index contributed by atoms with van der Waals surface area (Å²) in [5.74, 6) is 0.918. The highest BCUT2D eigenvalue weighted by atomic mass is 15.0. The van der Waals surface area contributed by atoms with Crippen molar-refractivity contribution in [1.82, 2.24) is 9.88 Å². The first-order chi connectivity index (χ1) is 8.88. The Balaban J connectivity index is 1.87. The Labute approximate surface area is 109 Å². The number of benzene rings is 1. The number of nitrogens with one attached hydrogen (secondary N) is 1. The molecule has 18 heavy (non-hydrogen) atoms. The van der Waals surface area contributed by atoms with Gasteiger partial charge in [0.05, 0.1) is 0 Å². The molecule has 2 heteroatoms. The van der Waals surface area contributed by atoms with Crippen LogP contribution in [0.4, 0.5) is 0 Å². The van der Waals surface area contributed by atoms with Crippen molar-refractivity contribution in [3.05, 3.63) is 36.0 Å². The van der Waals surface area contributed by atoms with Gasteiger partial charge in [0, 0.05) is 23.6 Å². The summed E-state index contributed by atoms with van der Waals surface area (Å²) in [6.45, 7) is 2.26. The molecule has 1 aromatic carbocycles. The number of rotatable bonds is 5. The first-order valence-corrected chi connectivity index (χ1v) is 7.10. The average Bonchev–Trinajstić information content (AvgIpc) is 2.75. The van der Waals surface area contributed by atoms with Gasteiger partial charge in [-0.15, -0.1) is 0 Å². The highest BCUT2D eigenvalue weighted by Crippen LogP contribution is 2.30. The number of fused-ring (bicyclic) bond motifs is 1. The zero-order valence-corrected chi connectivity index (χ0v) is 11.2. The van der Waals surface area contributed by atoms with Crippen LogP contribution >= 0.6 is 0 Å².